The van der Waals surface area contributed by atoms with Crippen LogP contribution in [0.2, 0.25) is 0 Å². The van der Waals surface area contributed by atoms with Crippen molar-refractivity contribution in [2.24, 2.45) is 7.05 Å². The summed E-state index contributed by atoms with van der Waals surface area (Å²) in [6.07, 6.45) is 3.45. The first-order valence-corrected chi connectivity index (χ1v) is 16.1. The number of aromatic nitrogens is 4. The van der Waals surface area contributed by atoms with Crippen molar-refractivity contribution in [2.45, 2.75) is 31.2 Å². The second kappa shape index (κ2) is 12.5. The van der Waals surface area contributed by atoms with Crippen LogP contribution >= 0.6 is 11.3 Å². The van der Waals surface area contributed by atoms with E-state index in [4.69, 9.17) is 9.29 Å². The van der Waals surface area contributed by atoms with E-state index in [0.717, 1.165) is 71.8 Å². The number of aryl methyl sites for hydroxylation is 2. The highest BCUT2D eigenvalue weighted by Crippen LogP contribution is 2.45. The van der Waals surface area contributed by atoms with Crippen LogP contribution in [-0.2, 0) is 27.4 Å². The van der Waals surface area contributed by atoms with Crippen molar-refractivity contribution >= 4 is 39.1 Å². The number of benzene rings is 1. The summed E-state index contributed by atoms with van der Waals surface area (Å²) in [4.78, 5) is 28.6. The number of rotatable bonds is 7. The number of anilines is 2. The number of amides is 1. The van der Waals surface area contributed by atoms with Crippen LogP contribution in [0.4, 0.5) is 11.8 Å². The second-order valence-electron chi connectivity index (χ2n) is 10.8. The Hall–Kier alpha value is -3.69. The van der Waals surface area contributed by atoms with Gasteiger partial charge in [-0.05, 0) is 45.0 Å². The smallest absolute Gasteiger partial charge is 0.294 e. The molecule has 0 radical (unpaired) electrons. The summed E-state index contributed by atoms with van der Waals surface area (Å²) < 4.78 is 36.7. The molecule has 4 aromatic rings. The fourth-order valence-electron chi connectivity index (χ4n) is 4.98. The van der Waals surface area contributed by atoms with Gasteiger partial charge in [-0.25, -0.2) is 9.97 Å². The third-order valence-corrected chi connectivity index (χ3v) is 9.81. The topological polar surface area (TPSA) is 143 Å². The molecule has 6 rings (SSSR count). The number of hydrogen-bond donors (Lipinski definition) is 2. The molecule has 0 unspecified atom stereocenters. The molecule has 0 aliphatic carbocycles. The molecule has 14 heteroatoms. The van der Waals surface area contributed by atoms with Gasteiger partial charge in [-0.15, -0.1) is 11.3 Å². The molecule has 1 aromatic carbocycles. The zero-order valence-electron chi connectivity index (χ0n) is 24.5. The predicted molar refractivity (Wildman–Crippen MR) is 164 cm³/mol. The van der Waals surface area contributed by atoms with Crippen LogP contribution in [0.3, 0.4) is 0 Å². The van der Waals surface area contributed by atoms with Gasteiger partial charge in [-0.1, -0.05) is 17.7 Å². The second-order valence-corrected chi connectivity index (χ2v) is 13.3. The van der Waals surface area contributed by atoms with Crippen LogP contribution in [0.15, 0.2) is 59.8 Å². The van der Waals surface area contributed by atoms with Gasteiger partial charge in [0.15, 0.2) is 0 Å². The van der Waals surface area contributed by atoms with E-state index in [9.17, 15) is 13.2 Å². The van der Waals surface area contributed by atoms with Gasteiger partial charge in [-0.3, -0.25) is 18.9 Å². The Bertz CT molecular complexity index is 1690. The van der Waals surface area contributed by atoms with Crippen LogP contribution in [0.25, 0.3) is 10.6 Å². The van der Waals surface area contributed by atoms with E-state index in [1.165, 1.54) is 12.1 Å². The van der Waals surface area contributed by atoms with Gasteiger partial charge in [-0.2, -0.15) is 13.5 Å². The van der Waals surface area contributed by atoms with Crippen molar-refractivity contribution in [3.8, 4) is 10.6 Å². The quantitative estimate of drug-likeness (QED) is 0.290. The maximum Gasteiger partial charge on any atom is 0.294 e. The summed E-state index contributed by atoms with van der Waals surface area (Å²) in [5, 5.41) is 7.34. The fraction of sp³-hybridized carbons (Fsp3) is 0.379. The van der Waals surface area contributed by atoms with Crippen molar-refractivity contribution in [3.63, 3.8) is 0 Å². The van der Waals surface area contributed by atoms with Gasteiger partial charge in [0.1, 0.15) is 5.82 Å². The minimum atomic E-state index is -4.02. The Morgan fingerprint density at radius 1 is 1.07 bits per heavy atom. The number of carbonyl (C=O) groups is 1. The van der Waals surface area contributed by atoms with Crippen LogP contribution in [0.5, 0.6) is 0 Å². The van der Waals surface area contributed by atoms with E-state index < -0.39 is 10.1 Å². The summed E-state index contributed by atoms with van der Waals surface area (Å²) in [5.74, 6) is 1.41. The third-order valence-electron chi connectivity index (χ3n) is 7.47. The van der Waals surface area contributed by atoms with Crippen molar-refractivity contribution in [3.05, 3.63) is 70.9 Å². The Morgan fingerprint density at radius 3 is 2.42 bits per heavy atom. The van der Waals surface area contributed by atoms with E-state index in [1.54, 1.807) is 40.5 Å². The lowest BCUT2D eigenvalue weighted by molar-refractivity contribution is 0.0263. The molecular formula is C29H35N7O5S2. The van der Waals surface area contributed by atoms with Crippen molar-refractivity contribution in [1.29, 1.82) is 0 Å². The zero-order valence-corrected chi connectivity index (χ0v) is 26.2. The van der Waals surface area contributed by atoms with E-state index in [1.807, 2.05) is 37.1 Å². The Balaban J connectivity index is 0.000000283. The molecule has 2 aliphatic heterocycles. The molecule has 0 saturated carbocycles. The highest BCUT2D eigenvalue weighted by atomic mass is 32.2. The SMILES string of the molecule is Cc1ccc(S(=O)(=O)O)cc1.Cn1nccc1Nc1nccc(-c2cc3c(s2)C(C)(C)N(CCN2CCOCC2)C3=O)n1. The Morgan fingerprint density at radius 2 is 1.79 bits per heavy atom. The predicted octanol–water partition coefficient (Wildman–Crippen LogP) is 3.95. The molecule has 1 saturated heterocycles. The zero-order chi connectivity index (χ0) is 30.8. The standard InChI is InChI=1S/C22H27N7O2S.C7H8O3S/c1-22(2)19-15(20(30)29(22)9-8-28-10-12-31-13-11-28)14-17(32-19)16-4-6-23-21(25-16)26-18-5-7-24-27(18)3;1-6-2-4-7(5-3-6)11(8,9)10/h4-7,14H,8-13H2,1-3H3,(H,23,25,26);2-5H,1H3,(H,8,9,10). The monoisotopic (exact) mass is 625 g/mol. The summed E-state index contributed by atoms with van der Waals surface area (Å²) in [6, 6.07) is 11.7. The highest BCUT2D eigenvalue weighted by molar-refractivity contribution is 7.85. The molecule has 228 valence electrons. The molecule has 5 heterocycles. The van der Waals surface area contributed by atoms with E-state index >= 15 is 0 Å². The molecule has 43 heavy (non-hydrogen) atoms. The first-order valence-electron chi connectivity index (χ1n) is 13.8. The molecule has 2 aliphatic rings. The lowest BCUT2D eigenvalue weighted by Crippen LogP contribution is -2.46. The van der Waals surface area contributed by atoms with E-state index in [-0.39, 0.29) is 16.3 Å². The average molecular weight is 626 g/mol. The van der Waals surface area contributed by atoms with Gasteiger partial charge < -0.3 is 15.0 Å². The van der Waals surface area contributed by atoms with Gasteiger partial charge in [0, 0.05) is 50.4 Å². The number of ether oxygens (including phenoxy) is 1. The number of thiophene rings is 1. The van der Waals surface area contributed by atoms with Crippen molar-refractivity contribution in [2.75, 3.05) is 44.7 Å². The number of nitrogens with one attached hydrogen (secondary N) is 1. The summed E-state index contributed by atoms with van der Waals surface area (Å²) in [6.45, 7) is 11.1. The molecule has 12 nitrogen and oxygen atoms in total. The molecule has 0 atom stereocenters. The number of carbonyl (C=O) groups excluding carboxylic acids is 1. The summed E-state index contributed by atoms with van der Waals surface area (Å²) in [7, 11) is -2.16. The van der Waals surface area contributed by atoms with Gasteiger partial charge in [0.05, 0.1) is 46.0 Å². The van der Waals surface area contributed by atoms with Gasteiger partial charge >= 0.3 is 0 Å². The molecule has 0 spiro atoms. The normalized spacial score (nSPS) is 16.5. The molecule has 1 fully saturated rings. The molecular weight excluding hydrogens is 590 g/mol. The van der Waals surface area contributed by atoms with Crippen LogP contribution in [0, 0.1) is 6.92 Å². The maximum absolute atomic E-state index is 13.3. The van der Waals surface area contributed by atoms with Gasteiger partial charge in [0.25, 0.3) is 16.0 Å². The van der Waals surface area contributed by atoms with Crippen LogP contribution in [-0.4, -0.2) is 87.8 Å². The Kier molecular flexibility index (Phi) is 8.94. The first kappa shape index (κ1) is 30.8. The van der Waals surface area contributed by atoms with Gasteiger partial charge in [0.2, 0.25) is 5.95 Å². The number of hydrogen-bond acceptors (Lipinski definition) is 10. The number of nitrogens with zero attached hydrogens (tertiary/aromatic N) is 6. The Labute approximate surface area is 255 Å². The van der Waals surface area contributed by atoms with Crippen molar-refractivity contribution in [1.82, 2.24) is 29.5 Å². The summed E-state index contributed by atoms with van der Waals surface area (Å²) >= 11 is 1.64. The van der Waals surface area contributed by atoms with E-state index in [0.29, 0.717) is 5.95 Å². The average Bonchev–Trinajstić information content (AvgIpc) is 3.65. The molecule has 3 aromatic heterocycles. The van der Waals surface area contributed by atoms with Crippen molar-refractivity contribution < 1.29 is 22.5 Å². The lowest BCUT2D eigenvalue weighted by atomic mass is 10.0. The first-order chi connectivity index (χ1) is 20.4. The van der Waals surface area contributed by atoms with Crippen LogP contribution < -0.4 is 5.32 Å². The lowest BCUT2D eigenvalue weighted by Gasteiger charge is -2.35. The highest BCUT2D eigenvalue weighted by Gasteiger charge is 2.44. The molecule has 0 bridgehead atoms. The minimum absolute atomic E-state index is 0.0666. The third kappa shape index (κ3) is 6.94. The fourth-order valence-corrected chi connectivity index (χ4v) is 6.69. The summed E-state index contributed by atoms with van der Waals surface area (Å²) in [5.41, 5.74) is 2.20. The maximum atomic E-state index is 13.3. The molecule has 1 amide bonds. The largest absolute Gasteiger partial charge is 0.379 e. The minimum Gasteiger partial charge on any atom is -0.379 e. The van der Waals surface area contributed by atoms with E-state index in [2.05, 4.69) is 39.1 Å². The number of morpholine rings is 1. The molecule has 2 N–H and O–H groups in total. The number of fused-ring (bicyclic) bond motifs is 1. The van der Waals surface area contributed by atoms with Crippen LogP contribution in [0.1, 0.15) is 34.6 Å².